The lowest BCUT2D eigenvalue weighted by atomic mass is 9.80. The molecular weight excluding hydrogens is 412 g/mol. The number of hydrogen-bond acceptors (Lipinski definition) is 2. The van der Waals surface area contributed by atoms with Crippen LogP contribution >= 0.6 is 12.2 Å². The number of aliphatic hydroxyl groups is 1. The normalized spacial score (nSPS) is 23.0. The van der Waals surface area contributed by atoms with Gasteiger partial charge in [-0.05, 0) is 54.1 Å². The Balaban J connectivity index is 1.44. The summed E-state index contributed by atoms with van der Waals surface area (Å²) < 4.78 is 0. The number of nitrogens with one attached hydrogen (secondary N) is 2. The van der Waals surface area contributed by atoms with Gasteiger partial charge in [-0.15, -0.1) is 0 Å². The molecule has 3 N–H and O–H groups in total. The minimum atomic E-state index is -1.20. The molecule has 4 atom stereocenters. The predicted molar refractivity (Wildman–Crippen MR) is 135 cm³/mol. The summed E-state index contributed by atoms with van der Waals surface area (Å²) in [6, 6.07) is 28.3. The standard InChI is InChI=1S/C28H28N2OS/c31-28(23-11-5-2-6-12-23,19-20-9-3-1-4-10-20)24-13-7-8-14-25(24)29-27(32)30-26-18-21-15-16-22(26)17-21/h1-16,21-22,26,31H,17-19H2,(H2,29,30,32)/t21-,22-,26+,28-/m1/s1. The van der Waals surface area contributed by atoms with E-state index in [1.807, 2.05) is 72.8 Å². The van der Waals surface area contributed by atoms with Gasteiger partial charge in [0.05, 0.1) is 0 Å². The van der Waals surface area contributed by atoms with Crippen LogP contribution in [0.5, 0.6) is 0 Å². The number of fused-ring (bicyclic) bond motifs is 2. The smallest absolute Gasteiger partial charge is 0.171 e. The second-order valence-corrected chi connectivity index (χ2v) is 9.33. The summed E-state index contributed by atoms with van der Waals surface area (Å²) in [4.78, 5) is 0. The molecule has 3 nitrogen and oxygen atoms in total. The summed E-state index contributed by atoms with van der Waals surface area (Å²) in [5.74, 6) is 1.25. The summed E-state index contributed by atoms with van der Waals surface area (Å²) in [5, 5.41) is 19.7. The molecule has 1 fully saturated rings. The van der Waals surface area contributed by atoms with Crippen LogP contribution in [0.15, 0.2) is 97.1 Å². The molecule has 2 aliphatic carbocycles. The van der Waals surface area contributed by atoms with Crippen molar-refractivity contribution in [2.24, 2.45) is 11.8 Å². The highest BCUT2D eigenvalue weighted by Crippen LogP contribution is 2.40. The lowest BCUT2D eigenvalue weighted by molar-refractivity contribution is 0.0819. The van der Waals surface area contributed by atoms with Crippen molar-refractivity contribution in [1.29, 1.82) is 0 Å². The van der Waals surface area contributed by atoms with E-state index in [9.17, 15) is 5.11 Å². The second-order valence-electron chi connectivity index (χ2n) is 8.92. The Bertz CT molecular complexity index is 1110. The van der Waals surface area contributed by atoms with E-state index in [0.717, 1.165) is 28.8 Å². The molecule has 5 rings (SSSR count). The van der Waals surface area contributed by atoms with Crippen molar-refractivity contribution >= 4 is 23.0 Å². The molecule has 4 heteroatoms. The Kier molecular flexibility index (Phi) is 5.81. The Morgan fingerprint density at radius 1 is 0.875 bits per heavy atom. The molecule has 3 aromatic rings. The van der Waals surface area contributed by atoms with Crippen LogP contribution in [0.3, 0.4) is 0 Å². The number of rotatable bonds is 6. The number of benzene rings is 3. The Labute approximate surface area is 195 Å². The topological polar surface area (TPSA) is 44.3 Å². The van der Waals surface area contributed by atoms with Crippen LogP contribution in [-0.2, 0) is 12.0 Å². The molecule has 0 radical (unpaired) electrons. The summed E-state index contributed by atoms with van der Waals surface area (Å²) in [6.07, 6.45) is 7.47. The molecule has 0 aliphatic heterocycles. The average molecular weight is 441 g/mol. The zero-order valence-corrected chi connectivity index (χ0v) is 18.8. The minimum Gasteiger partial charge on any atom is -0.380 e. The highest BCUT2D eigenvalue weighted by Gasteiger charge is 2.37. The summed E-state index contributed by atoms with van der Waals surface area (Å²) in [7, 11) is 0. The van der Waals surface area contributed by atoms with Gasteiger partial charge in [0.2, 0.25) is 0 Å². The van der Waals surface area contributed by atoms with Gasteiger partial charge in [0.1, 0.15) is 5.60 Å². The third kappa shape index (κ3) is 4.21. The molecule has 0 saturated heterocycles. The van der Waals surface area contributed by atoms with Crippen molar-refractivity contribution < 1.29 is 5.11 Å². The molecule has 1 saturated carbocycles. The molecule has 0 aromatic heterocycles. The van der Waals surface area contributed by atoms with Gasteiger partial charge in [0.25, 0.3) is 0 Å². The van der Waals surface area contributed by atoms with Crippen LogP contribution in [0.2, 0.25) is 0 Å². The molecule has 162 valence electrons. The van der Waals surface area contributed by atoms with E-state index in [2.05, 4.69) is 34.9 Å². The summed E-state index contributed by atoms with van der Waals surface area (Å²) >= 11 is 5.69. The van der Waals surface area contributed by atoms with Gasteiger partial charge in [-0.25, -0.2) is 0 Å². The first kappa shape index (κ1) is 20.9. The van der Waals surface area contributed by atoms with E-state index in [0.29, 0.717) is 29.4 Å². The van der Waals surface area contributed by atoms with Gasteiger partial charge in [-0.1, -0.05) is 91.0 Å². The molecule has 0 spiro atoms. The Morgan fingerprint density at radius 3 is 2.25 bits per heavy atom. The van der Waals surface area contributed by atoms with Crippen molar-refractivity contribution in [2.75, 3.05) is 5.32 Å². The molecule has 0 amide bonds. The summed E-state index contributed by atoms with van der Waals surface area (Å²) in [5.41, 5.74) is 2.37. The Hall–Kier alpha value is -2.95. The van der Waals surface area contributed by atoms with Gasteiger partial charge in [0.15, 0.2) is 5.11 Å². The molecule has 0 heterocycles. The number of para-hydroxylation sites is 1. The molecule has 0 unspecified atom stereocenters. The number of anilines is 1. The maximum Gasteiger partial charge on any atom is 0.171 e. The summed E-state index contributed by atoms with van der Waals surface area (Å²) in [6.45, 7) is 0. The van der Waals surface area contributed by atoms with E-state index in [1.165, 1.54) is 6.42 Å². The van der Waals surface area contributed by atoms with E-state index in [4.69, 9.17) is 12.2 Å². The van der Waals surface area contributed by atoms with E-state index >= 15 is 0 Å². The fraction of sp³-hybridized carbons (Fsp3) is 0.250. The first-order chi connectivity index (χ1) is 15.6. The molecule has 3 aromatic carbocycles. The zero-order valence-electron chi connectivity index (χ0n) is 17.9. The largest absolute Gasteiger partial charge is 0.380 e. The predicted octanol–water partition coefficient (Wildman–Crippen LogP) is 5.42. The molecular formula is C28H28N2OS. The highest BCUT2D eigenvalue weighted by molar-refractivity contribution is 7.80. The maximum absolute atomic E-state index is 12.2. The van der Waals surface area contributed by atoms with E-state index in [-0.39, 0.29) is 0 Å². The van der Waals surface area contributed by atoms with E-state index in [1.54, 1.807) is 0 Å². The zero-order chi connectivity index (χ0) is 22.0. The first-order valence-electron chi connectivity index (χ1n) is 11.3. The van der Waals surface area contributed by atoms with Crippen molar-refractivity contribution in [3.05, 3.63) is 114 Å². The van der Waals surface area contributed by atoms with Crippen molar-refractivity contribution in [2.45, 2.75) is 30.9 Å². The quantitative estimate of drug-likeness (QED) is 0.354. The number of thiocarbonyl (C=S) groups is 1. The van der Waals surface area contributed by atoms with Gasteiger partial charge in [-0.3, -0.25) is 0 Å². The van der Waals surface area contributed by atoms with Gasteiger partial charge in [0, 0.05) is 23.7 Å². The fourth-order valence-electron chi connectivity index (χ4n) is 5.18. The third-order valence-corrected chi connectivity index (χ3v) is 6.99. The SMILES string of the molecule is O[C@](Cc1ccccc1)(c1ccccc1)c1ccccc1NC(=S)N[C@H]1C[C@@H]2C=C[C@@H]1C2. The van der Waals surface area contributed by atoms with Crippen molar-refractivity contribution in [3.63, 3.8) is 0 Å². The van der Waals surface area contributed by atoms with E-state index < -0.39 is 5.60 Å². The highest BCUT2D eigenvalue weighted by atomic mass is 32.1. The monoisotopic (exact) mass is 440 g/mol. The van der Waals surface area contributed by atoms with Crippen LogP contribution in [0, 0.1) is 11.8 Å². The lowest BCUT2D eigenvalue weighted by Crippen LogP contribution is -2.40. The second kappa shape index (κ2) is 8.89. The van der Waals surface area contributed by atoms with Crippen LogP contribution in [0.4, 0.5) is 5.69 Å². The van der Waals surface area contributed by atoms with Gasteiger partial charge < -0.3 is 15.7 Å². The lowest BCUT2D eigenvalue weighted by Gasteiger charge is -2.32. The molecule has 2 aliphatic rings. The maximum atomic E-state index is 12.2. The minimum absolute atomic E-state index is 0.384. The molecule has 32 heavy (non-hydrogen) atoms. The average Bonchev–Trinajstić information content (AvgIpc) is 3.44. The van der Waals surface area contributed by atoms with Crippen LogP contribution in [0.1, 0.15) is 29.5 Å². The number of allylic oxidation sites excluding steroid dienone is 1. The van der Waals surface area contributed by atoms with Gasteiger partial charge in [-0.2, -0.15) is 0 Å². The van der Waals surface area contributed by atoms with Crippen LogP contribution in [0.25, 0.3) is 0 Å². The van der Waals surface area contributed by atoms with Crippen molar-refractivity contribution in [3.8, 4) is 0 Å². The van der Waals surface area contributed by atoms with Crippen LogP contribution in [-0.4, -0.2) is 16.3 Å². The Morgan fingerprint density at radius 2 is 1.56 bits per heavy atom. The molecule has 2 bridgehead atoms. The fourth-order valence-corrected chi connectivity index (χ4v) is 5.45. The third-order valence-electron chi connectivity index (χ3n) is 6.77. The van der Waals surface area contributed by atoms with Crippen molar-refractivity contribution in [1.82, 2.24) is 5.32 Å². The number of hydrogen-bond donors (Lipinski definition) is 3. The van der Waals surface area contributed by atoms with Gasteiger partial charge >= 0.3 is 0 Å². The first-order valence-corrected chi connectivity index (χ1v) is 11.7. The van der Waals surface area contributed by atoms with Crippen LogP contribution < -0.4 is 10.6 Å².